The van der Waals surface area contributed by atoms with Gasteiger partial charge >= 0.3 is 0 Å². The normalized spacial score (nSPS) is 18.5. The molecule has 0 bridgehead atoms. The maximum absolute atomic E-state index is 13.4. The summed E-state index contributed by atoms with van der Waals surface area (Å²) in [4.78, 5) is 0.252. The molecule has 3 aromatic rings. The molecule has 1 aliphatic heterocycles. The highest BCUT2D eigenvalue weighted by Crippen LogP contribution is 2.41. The van der Waals surface area contributed by atoms with Gasteiger partial charge in [-0.1, -0.05) is 71.7 Å². The molecule has 0 aliphatic carbocycles. The van der Waals surface area contributed by atoms with Crippen molar-refractivity contribution in [3.63, 3.8) is 0 Å². The average molecular weight is 419 g/mol. The first kappa shape index (κ1) is 18.3. The van der Waals surface area contributed by atoms with Crippen LogP contribution in [0.1, 0.15) is 17.3 Å². The molecule has 0 amide bonds. The van der Waals surface area contributed by atoms with Crippen LogP contribution in [-0.2, 0) is 16.6 Å². The van der Waals surface area contributed by atoms with Crippen LogP contribution in [0.3, 0.4) is 0 Å². The number of anilines is 1. The minimum absolute atomic E-state index is 0.216. The van der Waals surface area contributed by atoms with E-state index < -0.39 is 16.2 Å². The van der Waals surface area contributed by atoms with Gasteiger partial charge in [0.15, 0.2) is 0 Å². The van der Waals surface area contributed by atoms with Crippen molar-refractivity contribution in [3.8, 4) is 0 Å². The highest BCUT2D eigenvalue weighted by Gasteiger charge is 2.39. The number of nitrogens with zero attached hydrogens (tertiary/aromatic N) is 1. The van der Waals surface area contributed by atoms with E-state index >= 15 is 0 Å². The van der Waals surface area contributed by atoms with Crippen molar-refractivity contribution >= 4 is 38.9 Å². The summed E-state index contributed by atoms with van der Waals surface area (Å²) in [6.07, 6.45) is -0.644. The Balaban J connectivity index is 1.86. The van der Waals surface area contributed by atoms with Crippen LogP contribution in [0.15, 0.2) is 77.7 Å². The van der Waals surface area contributed by atoms with E-state index in [1.54, 1.807) is 42.5 Å². The van der Waals surface area contributed by atoms with Crippen molar-refractivity contribution in [2.45, 2.75) is 17.6 Å². The van der Waals surface area contributed by atoms with Crippen LogP contribution in [-0.4, -0.2) is 12.7 Å². The second-order valence-electron chi connectivity index (χ2n) is 6.24. The van der Waals surface area contributed by atoms with E-state index in [2.05, 4.69) is 5.32 Å². The molecule has 4 rings (SSSR count). The fourth-order valence-electron chi connectivity index (χ4n) is 3.19. The van der Waals surface area contributed by atoms with Crippen molar-refractivity contribution < 1.29 is 8.42 Å². The maximum Gasteiger partial charge on any atom is 0.247 e. The lowest BCUT2D eigenvalue weighted by Gasteiger charge is -2.37. The zero-order chi connectivity index (χ0) is 19.0. The van der Waals surface area contributed by atoms with Crippen LogP contribution in [0, 0.1) is 0 Å². The molecule has 7 heteroatoms. The Hall–Kier alpha value is -2.05. The Bertz CT molecular complexity index is 1090. The Morgan fingerprint density at radius 3 is 2.37 bits per heavy atom. The highest BCUT2D eigenvalue weighted by molar-refractivity contribution is 7.89. The van der Waals surface area contributed by atoms with Gasteiger partial charge in [0, 0.05) is 22.2 Å². The molecule has 3 aromatic carbocycles. The quantitative estimate of drug-likeness (QED) is 0.626. The summed E-state index contributed by atoms with van der Waals surface area (Å²) >= 11 is 12.4. The van der Waals surface area contributed by atoms with Crippen molar-refractivity contribution in [1.29, 1.82) is 0 Å². The standard InChI is InChI=1S/C20H16Cl2N2O2S/c21-15-10-11-16(17(22)12-15)20-23-18-8-4-5-9-19(18)27(25,26)24(20)13-14-6-2-1-3-7-14/h1-12,20,23H,13H2/t20-/m0/s1. The Kier molecular flexibility index (Phi) is 4.86. The number of hydrogen-bond donors (Lipinski definition) is 1. The average Bonchev–Trinajstić information content (AvgIpc) is 2.65. The van der Waals surface area contributed by atoms with E-state index in [0.717, 1.165) is 5.56 Å². The van der Waals surface area contributed by atoms with Crippen LogP contribution in [0.25, 0.3) is 0 Å². The smallest absolute Gasteiger partial charge is 0.247 e. The van der Waals surface area contributed by atoms with E-state index in [1.807, 2.05) is 30.3 Å². The highest BCUT2D eigenvalue weighted by atomic mass is 35.5. The van der Waals surface area contributed by atoms with E-state index in [0.29, 0.717) is 21.3 Å². The van der Waals surface area contributed by atoms with Crippen molar-refractivity contribution in [3.05, 3.63) is 94.0 Å². The molecule has 0 fully saturated rings. The first-order valence-electron chi connectivity index (χ1n) is 8.33. The molecule has 1 aliphatic rings. The number of para-hydroxylation sites is 1. The first-order chi connectivity index (χ1) is 13.0. The van der Waals surface area contributed by atoms with Crippen LogP contribution >= 0.6 is 23.2 Å². The molecular formula is C20H16Cl2N2O2S. The van der Waals surface area contributed by atoms with Gasteiger partial charge in [0.25, 0.3) is 0 Å². The predicted octanol–water partition coefficient (Wildman–Crippen LogP) is 5.31. The molecule has 0 saturated heterocycles. The Labute approximate surface area is 168 Å². The second-order valence-corrected chi connectivity index (χ2v) is 8.95. The molecular weight excluding hydrogens is 403 g/mol. The van der Waals surface area contributed by atoms with Gasteiger partial charge in [-0.25, -0.2) is 8.42 Å². The molecule has 0 unspecified atom stereocenters. The fraction of sp³-hybridized carbons (Fsp3) is 0.100. The van der Waals surface area contributed by atoms with Crippen LogP contribution in [0.4, 0.5) is 5.69 Å². The topological polar surface area (TPSA) is 49.4 Å². The van der Waals surface area contributed by atoms with Gasteiger partial charge in [0.1, 0.15) is 11.1 Å². The second kappa shape index (κ2) is 7.17. The largest absolute Gasteiger partial charge is 0.364 e. The lowest BCUT2D eigenvalue weighted by Crippen LogP contribution is -2.42. The molecule has 27 heavy (non-hydrogen) atoms. The molecule has 0 saturated carbocycles. The van der Waals surface area contributed by atoms with Gasteiger partial charge in [-0.05, 0) is 29.8 Å². The van der Waals surface area contributed by atoms with Gasteiger partial charge in [0.05, 0.1) is 5.69 Å². The van der Waals surface area contributed by atoms with Gasteiger partial charge in [-0.15, -0.1) is 0 Å². The SMILES string of the molecule is O=S1(=O)c2ccccc2N[C@H](c2ccc(Cl)cc2Cl)N1Cc1ccccc1. The molecule has 1 N–H and O–H groups in total. The van der Waals surface area contributed by atoms with Gasteiger partial charge < -0.3 is 5.32 Å². The van der Waals surface area contributed by atoms with Gasteiger partial charge in [0.2, 0.25) is 10.0 Å². The van der Waals surface area contributed by atoms with Crippen LogP contribution < -0.4 is 5.32 Å². The van der Waals surface area contributed by atoms with E-state index in [4.69, 9.17) is 23.2 Å². The van der Waals surface area contributed by atoms with E-state index in [-0.39, 0.29) is 11.4 Å². The minimum atomic E-state index is -3.73. The van der Waals surface area contributed by atoms with Gasteiger partial charge in [-0.3, -0.25) is 0 Å². The van der Waals surface area contributed by atoms with Crippen molar-refractivity contribution in [1.82, 2.24) is 4.31 Å². The molecule has 1 atom stereocenters. The number of benzene rings is 3. The summed E-state index contributed by atoms with van der Waals surface area (Å²) in [6.45, 7) is 0.216. The third kappa shape index (κ3) is 3.44. The van der Waals surface area contributed by atoms with Gasteiger partial charge in [-0.2, -0.15) is 4.31 Å². The summed E-state index contributed by atoms with van der Waals surface area (Å²) in [6, 6.07) is 21.4. The number of hydrogen-bond acceptors (Lipinski definition) is 3. The number of fused-ring (bicyclic) bond motifs is 1. The van der Waals surface area contributed by atoms with E-state index in [1.165, 1.54) is 4.31 Å². The predicted molar refractivity (Wildman–Crippen MR) is 108 cm³/mol. The molecule has 138 valence electrons. The lowest BCUT2D eigenvalue weighted by molar-refractivity contribution is 0.336. The molecule has 0 aromatic heterocycles. The number of sulfonamides is 1. The third-order valence-electron chi connectivity index (χ3n) is 4.49. The van der Waals surface area contributed by atoms with Crippen molar-refractivity contribution in [2.24, 2.45) is 0 Å². The lowest BCUT2D eigenvalue weighted by atomic mass is 10.1. The first-order valence-corrected chi connectivity index (χ1v) is 10.5. The monoisotopic (exact) mass is 418 g/mol. The van der Waals surface area contributed by atoms with Crippen molar-refractivity contribution in [2.75, 3.05) is 5.32 Å². The zero-order valence-corrected chi connectivity index (χ0v) is 16.5. The zero-order valence-electron chi connectivity index (χ0n) is 14.1. The fourth-order valence-corrected chi connectivity index (χ4v) is 5.37. The Morgan fingerprint density at radius 2 is 1.63 bits per heavy atom. The third-order valence-corrected chi connectivity index (χ3v) is 6.92. The Morgan fingerprint density at radius 1 is 0.926 bits per heavy atom. The minimum Gasteiger partial charge on any atom is -0.364 e. The summed E-state index contributed by atoms with van der Waals surface area (Å²) < 4.78 is 28.2. The molecule has 0 radical (unpaired) electrons. The summed E-state index contributed by atoms with van der Waals surface area (Å²) in [5, 5.41) is 4.23. The number of rotatable bonds is 3. The molecule has 4 nitrogen and oxygen atoms in total. The molecule has 1 heterocycles. The van der Waals surface area contributed by atoms with Crippen LogP contribution in [0.2, 0.25) is 10.0 Å². The number of nitrogens with one attached hydrogen (secondary N) is 1. The van der Waals surface area contributed by atoms with E-state index in [9.17, 15) is 8.42 Å². The summed E-state index contributed by atoms with van der Waals surface area (Å²) in [5.41, 5.74) is 2.09. The summed E-state index contributed by atoms with van der Waals surface area (Å²) in [7, 11) is -3.73. The summed E-state index contributed by atoms with van der Waals surface area (Å²) in [5.74, 6) is 0. The molecule has 0 spiro atoms. The maximum atomic E-state index is 13.4. The number of halogens is 2. The van der Waals surface area contributed by atoms with Crippen LogP contribution in [0.5, 0.6) is 0 Å².